The van der Waals surface area contributed by atoms with Crippen molar-refractivity contribution in [1.82, 2.24) is 0 Å². The van der Waals surface area contributed by atoms with Crippen molar-refractivity contribution >= 4 is 5.69 Å². The fraction of sp³-hybridized carbons (Fsp3) is 0.806. The van der Waals surface area contributed by atoms with E-state index in [1.54, 1.807) is 0 Å². The zero-order chi connectivity index (χ0) is 23.1. The van der Waals surface area contributed by atoms with Gasteiger partial charge in [0.2, 0.25) is 0 Å². The lowest BCUT2D eigenvalue weighted by Crippen LogP contribution is -2.26. The van der Waals surface area contributed by atoms with E-state index in [1.807, 2.05) is 0 Å². The van der Waals surface area contributed by atoms with Gasteiger partial charge in [0.15, 0.2) is 0 Å². The Bertz CT molecular complexity index is 485. The Balaban J connectivity index is 2.18. The van der Waals surface area contributed by atoms with Gasteiger partial charge in [-0.25, -0.2) is 0 Å². The predicted octanol–water partition coefficient (Wildman–Crippen LogP) is 10.6. The lowest BCUT2D eigenvalue weighted by atomic mass is 10.1. The number of benzene rings is 1. The molecular formula is C31H57N. The molecule has 0 saturated carbocycles. The van der Waals surface area contributed by atoms with Crippen molar-refractivity contribution in [3.63, 3.8) is 0 Å². The zero-order valence-corrected chi connectivity index (χ0v) is 22.3. The quantitative estimate of drug-likeness (QED) is 0.152. The van der Waals surface area contributed by atoms with E-state index in [1.165, 1.54) is 153 Å². The van der Waals surface area contributed by atoms with Crippen molar-refractivity contribution in [3.05, 3.63) is 29.8 Å². The van der Waals surface area contributed by atoms with Crippen LogP contribution in [0.4, 0.5) is 5.69 Å². The molecule has 0 saturated heterocycles. The van der Waals surface area contributed by atoms with Crippen LogP contribution in [0.5, 0.6) is 0 Å². The third-order valence-electron chi connectivity index (χ3n) is 7.02. The molecule has 1 heteroatoms. The number of nitrogens with zero attached hydrogens (tertiary/aromatic N) is 1. The maximum Gasteiger partial charge on any atom is 0.0395 e. The monoisotopic (exact) mass is 443 g/mol. The molecule has 0 N–H and O–H groups in total. The van der Waals surface area contributed by atoms with Crippen molar-refractivity contribution in [2.75, 3.05) is 18.0 Å². The Morgan fingerprint density at radius 1 is 0.469 bits per heavy atom. The van der Waals surface area contributed by atoms with E-state index in [-0.39, 0.29) is 0 Å². The first kappa shape index (κ1) is 29.1. The molecule has 1 aromatic carbocycles. The molecule has 0 atom stereocenters. The van der Waals surface area contributed by atoms with Crippen LogP contribution in [0, 0.1) is 6.92 Å². The highest BCUT2D eigenvalue weighted by Gasteiger charge is 2.08. The first-order valence-electron chi connectivity index (χ1n) is 14.6. The SMILES string of the molecule is CCCCCCCCCCCCN(CCCCCCCCCCCC)c1ccccc1C. The summed E-state index contributed by atoms with van der Waals surface area (Å²) in [6, 6.07) is 9.01. The molecule has 0 radical (unpaired) electrons. The topological polar surface area (TPSA) is 3.24 Å². The van der Waals surface area contributed by atoms with Gasteiger partial charge in [-0.3, -0.25) is 0 Å². The van der Waals surface area contributed by atoms with Crippen molar-refractivity contribution < 1.29 is 0 Å². The molecule has 0 unspecified atom stereocenters. The zero-order valence-electron chi connectivity index (χ0n) is 22.3. The van der Waals surface area contributed by atoms with Crippen molar-refractivity contribution in [2.45, 2.75) is 149 Å². The van der Waals surface area contributed by atoms with Crippen molar-refractivity contribution in [3.8, 4) is 0 Å². The summed E-state index contributed by atoms with van der Waals surface area (Å²) in [6.07, 6.45) is 28.4. The molecule has 0 bridgehead atoms. The summed E-state index contributed by atoms with van der Waals surface area (Å²) in [4.78, 5) is 2.69. The van der Waals surface area contributed by atoms with Crippen LogP contribution in [0.3, 0.4) is 0 Å². The number of unbranched alkanes of at least 4 members (excludes halogenated alkanes) is 18. The Kier molecular flexibility index (Phi) is 19.8. The number of anilines is 1. The first-order chi connectivity index (χ1) is 15.8. The minimum atomic E-state index is 1.23. The van der Waals surface area contributed by atoms with Gasteiger partial charge in [0.1, 0.15) is 0 Å². The molecule has 32 heavy (non-hydrogen) atoms. The van der Waals surface area contributed by atoms with Crippen LogP contribution >= 0.6 is 0 Å². The Morgan fingerprint density at radius 2 is 0.812 bits per heavy atom. The summed E-state index contributed by atoms with van der Waals surface area (Å²) in [5, 5.41) is 0. The molecule has 1 nitrogen and oxygen atoms in total. The van der Waals surface area contributed by atoms with Crippen LogP contribution in [0.1, 0.15) is 148 Å². The molecule has 0 aliphatic heterocycles. The molecule has 0 fully saturated rings. The predicted molar refractivity (Wildman–Crippen MR) is 147 cm³/mol. The molecule has 0 heterocycles. The summed E-state index contributed by atoms with van der Waals surface area (Å²) in [5.74, 6) is 0. The normalized spacial score (nSPS) is 11.2. The second-order valence-electron chi connectivity index (χ2n) is 10.1. The van der Waals surface area contributed by atoms with Crippen LogP contribution in [-0.4, -0.2) is 13.1 Å². The van der Waals surface area contributed by atoms with Gasteiger partial charge in [-0.2, -0.15) is 0 Å². The van der Waals surface area contributed by atoms with Crippen LogP contribution < -0.4 is 4.90 Å². The van der Waals surface area contributed by atoms with Gasteiger partial charge in [0.25, 0.3) is 0 Å². The maximum absolute atomic E-state index is 2.69. The smallest absolute Gasteiger partial charge is 0.0395 e. The molecule has 0 spiro atoms. The first-order valence-corrected chi connectivity index (χ1v) is 14.6. The molecule has 0 aliphatic carbocycles. The summed E-state index contributed by atoms with van der Waals surface area (Å²) in [5.41, 5.74) is 2.91. The number of para-hydroxylation sites is 1. The highest BCUT2D eigenvalue weighted by molar-refractivity contribution is 5.52. The third kappa shape index (κ3) is 15.8. The Hall–Kier alpha value is -0.980. The summed E-state index contributed by atoms with van der Waals surface area (Å²) < 4.78 is 0. The highest BCUT2D eigenvalue weighted by atomic mass is 15.1. The van der Waals surface area contributed by atoms with Crippen molar-refractivity contribution in [1.29, 1.82) is 0 Å². The van der Waals surface area contributed by atoms with Gasteiger partial charge in [0, 0.05) is 18.8 Å². The van der Waals surface area contributed by atoms with E-state index < -0.39 is 0 Å². The molecule has 0 aromatic heterocycles. The molecule has 0 aliphatic rings. The molecule has 1 aromatic rings. The van der Waals surface area contributed by atoms with E-state index in [0.29, 0.717) is 0 Å². The second kappa shape index (κ2) is 21.8. The van der Waals surface area contributed by atoms with Gasteiger partial charge in [-0.05, 0) is 31.4 Å². The maximum atomic E-state index is 2.69. The number of hydrogen-bond donors (Lipinski definition) is 0. The number of hydrogen-bond acceptors (Lipinski definition) is 1. The lowest BCUT2D eigenvalue weighted by molar-refractivity contribution is 0.543. The number of rotatable bonds is 23. The molecule has 1 rings (SSSR count). The molecule has 186 valence electrons. The Morgan fingerprint density at radius 3 is 1.19 bits per heavy atom. The Labute approximate surface area is 202 Å². The minimum Gasteiger partial charge on any atom is -0.371 e. The largest absolute Gasteiger partial charge is 0.371 e. The average Bonchev–Trinajstić information content (AvgIpc) is 2.80. The van der Waals surface area contributed by atoms with Gasteiger partial charge in [-0.1, -0.05) is 148 Å². The minimum absolute atomic E-state index is 1.23. The van der Waals surface area contributed by atoms with Crippen LogP contribution in [-0.2, 0) is 0 Å². The number of aryl methyl sites for hydroxylation is 1. The fourth-order valence-electron chi connectivity index (χ4n) is 4.85. The molecular weight excluding hydrogens is 386 g/mol. The average molecular weight is 444 g/mol. The van der Waals surface area contributed by atoms with Crippen LogP contribution in [0.15, 0.2) is 24.3 Å². The summed E-state index contributed by atoms with van der Waals surface area (Å²) in [7, 11) is 0. The van der Waals surface area contributed by atoms with E-state index in [2.05, 4.69) is 49.9 Å². The lowest BCUT2D eigenvalue weighted by Gasteiger charge is -2.26. The van der Waals surface area contributed by atoms with E-state index in [9.17, 15) is 0 Å². The van der Waals surface area contributed by atoms with Crippen molar-refractivity contribution in [2.24, 2.45) is 0 Å². The third-order valence-corrected chi connectivity index (χ3v) is 7.02. The molecule has 0 amide bonds. The van der Waals surface area contributed by atoms with E-state index >= 15 is 0 Å². The van der Waals surface area contributed by atoms with E-state index in [4.69, 9.17) is 0 Å². The summed E-state index contributed by atoms with van der Waals surface area (Å²) in [6.45, 7) is 9.35. The van der Waals surface area contributed by atoms with Gasteiger partial charge < -0.3 is 4.90 Å². The van der Waals surface area contributed by atoms with Gasteiger partial charge >= 0.3 is 0 Å². The standard InChI is InChI=1S/C31H57N/c1-4-6-8-10-12-14-16-18-20-24-28-32(31-27-23-22-26-30(31)3)29-25-21-19-17-15-13-11-9-7-5-2/h22-23,26-27H,4-21,24-25,28-29H2,1-3H3. The highest BCUT2D eigenvalue weighted by Crippen LogP contribution is 2.21. The van der Waals surface area contributed by atoms with E-state index in [0.717, 1.165) is 0 Å². The fourth-order valence-corrected chi connectivity index (χ4v) is 4.85. The second-order valence-corrected chi connectivity index (χ2v) is 10.1. The summed E-state index contributed by atoms with van der Waals surface area (Å²) >= 11 is 0. The van der Waals surface area contributed by atoms with Gasteiger partial charge in [-0.15, -0.1) is 0 Å². The van der Waals surface area contributed by atoms with Gasteiger partial charge in [0.05, 0.1) is 0 Å². The van der Waals surface area contributed by atoms with Crippen LogP contribution in [0.2, 0.25) is 0 Å². The van der Waals surface area contributed by atoms with Crippen LogP contribution in [0.25, 0.3) is 0 Å².